The second-order valence-corrected chi connectivity index (χ2v) is 10.2. The van der Waals surface area contributed by atoms with Gasteiger partial charge in [0.25, 0.3) is 0 Å². The normalized spacial score (nSPS) is 19.6. The first-order valence-corrected chi connectivity index (χ1v) is 13.7. The Hall–Kier alpha value is -3.56. The number of amides is 1. The highest BCUT2D eigenvalue weighted by Gasteiger charge is 2.42. The van der Waals surface area contributed by atoms with Crippen LogP contribution in [0.3, 0.4) is 0 Å². The summed E-state index contributed by atoms with van der Waals surface area (Å²) < 4.78 is 11.0. The van der Waals surface area contributed by atoms with Gasteiger partial charge in [0.1, 0.15) is 5.75 Å². The third-order valence-corrected chi connectivity index (χ3v) is 7.86. The zero-order valence-electron chi connectivity index (χ0n) is 21.9. The number of nitrogens with zero attached hydrogens (tertiary/aromatic N) is 4. The van der Waals surface area contributed by atoms with E-state index in [1.165, 1.54) is 11.8 Å². The molecule has 5 rings (SSSR count). The number of piperazine rings is 1. The second kappa shape index (κ2) is 11.4. The molecule has 0 aliphatic carbocycles. The van der Waals surface area contributed by atoms with Gasteiger partial charge in [0, 0.05) is 37.4 Å². The number of fused-ring (bicyclic) bond motifs is 1. The number of ether oxygens (including phenoxy) is 2. The number of carbonyl (C=O) groups is 2. The summed E-state index contributed by atoms with van der Waals surface area (Å²) >= 11 is 1.48. The zero-order chi connectivity index (χ0) is 26.6. The van der Waals surface area contributed by atoms with Crippen LogP contribution < -0.4 is 4.74 Å². The Balaban J connectivity index is 1.57. The minimum Gasteiger partial charge on any atom is -0.497 e. The van der Waals surface area contributed by atoms with Crippen LogP contribution in [0, 0.1) is 0 Å². The lowest BCUT2D eigenvalue weighted by Crippen LogP contribution is -2.47. The lowest BCUT2D eigenvalue weighted by atomic mass is 9.91. The Morgan fingerprint density at radius 3 is 2.39 bits per heavy atom. The van der Waals surface area contributed by atoms with Crippen molar-refractivity contribution in [3.63, 3.8) is 0 Å². The molecule has 9 heteroatoms. The van der Waals surface area contributed by atoms with Crippen LogP contribution in [-0.2, 0) is 14.3 Å². The highest BCUT2D eigenvalue weighted by Crippen LogP contribution is 2.47. The van der Waals surface area contributed by atoms with Crippen molar-refractivity contribution in [2.75, 3.05) is 46.9 Å². The van der Waals surface area contributed by atoms with E-state index in [2.05, 4.69) is 11.9 Å². The fourth-order valence-corrected chi connectivity index (χ4v) is 5.83. The lowest BCUT2D eigenvalue weighted by Gasteiger charge is -2.38. The van der Waals surface area contributed by atoms with Crippen LogP contribution in [0.4, 0.5) is 0 Å². The minimum absolute atomic E-state index is 0.0789. The van der Waals surface area contributed by atoms with E-state index >= 15 is 0 Å². The van der Waals surface area contributed by atoms with Crippen LogP contribution in [0.1, 0.15) is 30.5 Å². The summed E-state index contributed by atoms with van der Waals surface area (Å²) in [6.45, 7) is 5.19. The Kier molecular flexibility index (Phi) is 7.85. The molecule has 1 saturated heterocycles. The SMILES string of the molecule is CCOC(=O)C1=C(c2ccccc2)N=C2SC=C(CC(=O)N3CCN(C)CC3)N2[C@@H]1c1ccc(OC)cc1. The molecule has 0 unspecified atom stereocenters. The number of aliphatic imine (C=N–C) groups is 1. The van der Waals surface area contributed by atoms with Crippen molar-refractivity contribution in [3.05, 3.63) is 82.4 Å². The maximum atomic E-state index is 13.6. The molecule has 198 valence electrons. The average Bonchev–Trinajstić information content (AvgIpc) is 3.35. The van der Waals surface area contributed by atoms with Crippen LogP contribution in [-0.4, -0.2) is 78.7 Å². The Morgan fingerprint density at radius 2 is 1.74 bits per heavy atom. The minimum atomic E-state index is -0.510. The molecule has 1 atom stereocenters. The van der Waals surface area contributed by atoms with Gasteiger partial charge >= 0.3 is 5.97 Å². The molecule has 8 nitrogen and oxygen atoms in total. The molecule has 0 radical (unpaired) electrons. The molecule has 0 aromatic heterocycles. The molecule has 3 aliphatic rings. The number of likely N-dealkylation sites (N-methyl/N-ethyl adjacent to an activating group) is 1. The predicted octanol–water partition coefficient (Wildman–Crippen LogP) is 4.13. The van der Waals surface area contributed by atoms with Crippen LogP contribution >= 0.6 is 11.8 Å². The van der Waals surface area contributed by atoms with Gasteiger partial charge in [0.05, 0.1) is 37.4 Å². The highest BCUT2D eigenvalue weighted by molar-refractivity contribution is 8.16. The summed E-state index contributed by atoms with van der Waals surface area (Å²) in [4.78, 5) is 38.1. The fraction of sp³-hybridized carbons (Fsp3) is 0.345. The summed E-state index contributed by atoms with van der Waals surface area (Å²) in [7, 11) is 3.70. The predicted molar refractivity (Wildman–Crippen MR) is 149 cm³/mol. The van der Waals surface area contributed by atoms with E-state index in [0.29, 0.717) is 24.4 Å². The quantitative estimate of drug-likeness (QED) is 0.497. The van der Waals surface area contributed by atoms with E-state index in [0.717, 1.165) is 40.8 Å². The topological polar surface area (TPSA) is 74.7 Å². The van der Waals surface area contributed by atoms with Gasteiger partial charge in [-0.2, -0.15) is 0 Å². The standard InChI is InChI=1S/C29H32N4O4S/c1-4-37-28(35)25-26(20-8-6-5-7-9-20)30-29-33(27(25)21-10-12-23(36-3)13-11-21)22(19-38-29)18-24(34)32-16-14-31(2)15-17-32/h5-13,19,27H,4,14-18H2,1-3H3/t27-/m1/s1. The molecule has 1 fully saturated rings. The van der Waals surface area contributed by atoms with E-state index in [1.54, 1.807) is 14.0 Å². The monoisotopic (exact) mass is 532 g/mol. The molecule has 38 heavy (non-hydrogen) atoms. The number of esters is 1. The van der Waals surface area contributed by atoms with Gasteiger partial charge in [-0.1, -0.05) is 54.2 Å². The fourth-order valence-electron chi connectivity index (χ4n) is 4.91. The first-order valence-electron chi connectivity index (χ1n) is 12.8. The van der Waals surface area contributed by atoms with E-state index in [4.69, 9.17) is 14.5 Å². The van der Waals surface area contributed by atoms with Gasteiger partial charge in [-0.15, -0.1) is 0 Å². The molecular weight excluding hydrogens is 500 g/mol. The van der Waals surface area contributed by atoms with Crippen molar-refractivity contribution in [2.45, 2.75) is 19.4 Å². The van der Waals surface area contributed by atoms with Gasteiger partial charge in [-0.3, -0.25) is 4.79 Å². The number of thioether (sulfide) groups is 1. The van der Waals surface area contributed by atoms with E-state index < -0.39 is 12.0 Å². The van der Waals surface area contributed by atoms with Crippen molar-refractivity contribution < 1.29 is 19.1 Å². The highest BCUT2D eigenvalue weighted by atomic mass is 32.2. The lowest BCUT2D eigenvalue weighted by molar-refractivity contribution is -0.139. The number of rotatable bonds is 7. The van der Waals surface area contributed by atoms with Crippen LogP contribution in [0.25, 0.3) is 5.70 Å². The number of hydrogen-bond acceptors (Lipinski definition) is 8. The van der Waals surface area contributed by atoms with Gasteiger partial charge in [0.15, 0.2) is 5.17 Å². The molecule has 0 bridgehead atoms. The van der Waals surface area contributed by atoms with Crippen molar-refractivity contribution >= 4 is 34.5 Å². The largest absolute Gasteiger partial charge is 0.497 e. The summed E-state index contributed by atoms with van der Waals surface area (Å²) in [5.41, 5.74) is 3.59. The molecule has 0 saturated carbocycles. The van der Waals surface area contributed by atoms with Gasteiger partial charge < -0.3 is 24.2 Å². The smallest absolute Gasteiger partial charge is 0.338 e. The molecular formula is C29H32N4O4S. The van der Waals surface area contributed by atoms with Gasteiger partial charge in [0.2, 0.25) is 5.91 Å². The van der Waals surface area contributed by atoms with Crippen molar-refractivity contribution in [2.24, 2.45) is 4.99 Å². The Morgan fingerprint density at radius 1 is 1.03 bits per heavy atom. The van der Waals surface area contributed by atoms with Crippen molar-refractivity contribution in [1.82, 2.24) is 14.7 Å². The molecule has 1 amide bonds. The Bertz CT molecular complexity index is 1280. The van der Waals surface area contributed by atoms with E-state index in [1.807, 2.05) is 69.8 Å². The molecule has 2 aromatic carbocycles. The third-order valence-electron chi connectivity index (χ3n) is 6.97. The van der Waals surface area contributed by atoms with Crippen LogP contribution in [0.5, 0.6) is 5.75 Å². The maximum absolute atomic E-state index is 13.6. The molecule has 2 aromatic rings. The summed E-state index contributed by atoms with van der Waals surface area (Å²) in [5, 5.41) is 2.72. The van der Waals surface area contributed by atoms with E-state index in [-0.39, 0.29) is 18.9 Å². The van der Waals surface area contributed by atoms with Crippen molar-refractivity contribution in [3.8, 4) is 5.75 Å². The summed E-state index contributed by atoms with van der Waals surface area (Å²) in [5.74, 6) is 0.382. The van der Waals surface area contributed by atoms with Crippen molar-refractivity contribution in [1.29, 1.82) is 0 Å². The number of hydrogen-bond donors (Lipinski definition) is 0. The number of methoxy groups -OCH3 is 1. The molecule has 3 aliphatic heterocycles. The number of benzene rings is 2. The maximum Gasteiger partial charge on any atom is 0.338 e. The number of amidine groups is 1. The summed E-state index contributed by atoms with van der Waals surface area (Å²) in [6, 6.07) is 16.9. The number of carbonyl (C=O) groups excluding carboxylic acids is 2. The first kappa shape index (κ1) is 26.1. The third kappa shape index (κ3) is 5.21. The first-order chi connectivity index (χ1) is 18.5. The Labute approximate surface area is 227 Å². The van der Waals surface area contributed by atoms with E-state index in [9.17, 15) is 9.59 Å². The average molecular weight is 533 g/mol. The second-order valence-electron chi connectivity index (χ2n) is 9.38. The van der Waals surface area contributed by atoms with Gasteiger partial charge in [-0.05, 0) is 37.1 Å². The zero-order valence-corrected chi connectivity index (χ0v) is 22.7. The van der Waals surface area contributed by atoms with Crippen LogP contribution in [0.15, 0.2) is 76.3 Å². The van der Waals surface area contributed by atoms with Gasteiger partial charge in [-0.25, -0.2) is 9.79 Å². The van der Waals surface area contributed by atoms with Crippen LogP contribution in [0.2, 0.25) is 0 Å². The summed E-state index contributed by atoms with van der Waals surface area (Å²) in [6.07, 6.45) is 0.235. The molecule has 3 heterocycles. The molecule has 0 N–H and O–H groups in total. The molecule has 0 spiro atoms.